The van der Waals surface area contributed by atoms with Gasteiger partial charge in [-0.05, 0) is 170 Å². The number of nitrogens with zero attached hydrogens (tertiary/aromatic N) is 5. The molecule has 6 aliphatic rings. The van der Waals surface area contributed by atoms with Crippen LogP contribution in [0.2, 0.25) is 0 Å². The van der Waals surface area contributed by atoms with Crippen molar-refractivity contribution in [3.63, 3.8) is 0 Å². The highest BCUT2D eigenvalue weighted by molar-refractivity contribution is 7.01. The molecule has 0 saturated carbocycles. The summed E-state index contributed by atoms with van der Waals surface area (Å²) in [7, 11) is 0. The second-order valence-electron chi connectivity index (χ2n) is 26.6. The lowest BCUT2D eigenvalue weighted by atomic mass is 9.33. The number of hydrogen-bond acceptors (Lipinski definition) is 7. The van der Waals surface area contributed by atoms with Crippen molar-refractivity contribution in [2.24, 2.45) is 0 Å². The maximum Gasteiger partial charge on any atom is 0.256 e. The van der Waals surface area contributed by atoms with Crippen molar-refractivity contribution in [1.29, 1.82) is 0 Å². The number of benzene rings is 15. The maximum absolute atomic E-state index is 8.05. The average molecular weight is 1280 g/mol. The molecule has 0 amide bonds. The SMILES string of the molecule is c1ccc(N(c2ccccc2)c2cc3c4c(c2)N(c2ccccc2)c2cc5c(cc2B4c2ccccc2O3)C2(c3cc4c(cc3O5)N(c3ccccc3)c3cc(N(c5ccccc5)c5ccccc5)cc5c3B4c3ccccc3N5c3ccccc3)c3ccccc3-c3ccccc32)cc1. The van der Waals surface area contributed by atoms with Gasteiger partial charge in [-0.15, -0.1) is 0 Å². The molecule has 7 nitrogen and oxygen atoms in total. The first-order chi connectivity index (χ1) is 49.6. The molecule has 21 rings (SSSR count). The van der Waals surface area contributed by atoms with Crippen LogP contribution in [0.4, 0.5) is 85.3 Å². The molecule has 0 unspecified atom stereocenters. The van der Waals surface area contributed by atoms with Crippen LogP contribution in [0.1, 0.15) is 22.3 Å². The number of para-hydroxylation sites is 9. The summed E-state index contributed by atoms with van der Waals surface area (Å²) in [6.45, 7) is -0.450. The van der Waals surface area contributed by atoms with Crippen LogP contribution in [-0.2, 0) is 5.41 Å². The standard InChI is InChI=1S/C91H59B2N5O2/c1-8-30-60(31-9-1)94(61-32-10-2-11-33-61)67-52-82-89-83(53-67)97(65-40-18-6-19-41-65)80-58-86-73(56-77(80)92(89)75-48-26-28-50-79(75)96(82)64-38-16-5-17-39-64)91(71-46-24-22-44-69(71)70-45-23-25-47-72(70)91)74-57-78-81(59-87(74)100-86)98(66-42-20-7-21-43-66)84-54-68(55-88-90(84)93(78)76-49-27-29-51-85(76)99-88)95(62-34-12-3-13-35-62)63-36-14-4-15-37-63/h1-59H. The Morgan fingerprint density at radius 2 is 0.580 bits per heavy atom. The summed E-state index contributed by atoms with van der Waals surface area (Å²) in [5.41, 5.74) is 29.1. The first-order valence-electron chi connectivity index (χ1n) is 34.5. The molecule has 9 heteroatoms. The van der Waals surface area contributed by atoms with E-state index in [0.29, 0.717) is 0 Å². The Morgan fingerprint density at radius 3 is 1.05 bits per heavy atom. The van der Waals surface area contributed by atoms with E-state index in [1.54, 1.807) is 0 Å². The molecule has 0 saturated heterocycles. The molecule has 100 heavy (non-hydrogen) atoms. The van der Waals surface area contributed by atoms with Gasteiger partial charge in [-0.1, -0.05) is 224 Å². The Bertz CT molecular complexity index is 5670. The molecular weight excluding hydrogens is 1220 g/mol. The summed E-state index contributed by atoms with van der Waals surface area (Å²) in [6, 6.07) is 131. The van der Waals surface area contributed by atoms with E-state index in [4.69, 9.17) is 9.47 Å². The zero-order chi connectivity index (χ0) is 65.6. The normalized spacial score (nSPS) is 13.7. The van der Waals surface area contributed by atoms with Gasteiger partial charge in [-0.25, -0.2) is 0 Å². The van der Waals surface area contributed by atoms with E-state index in [-0.39, 0.29) is 13.4 Å². The van der Waals surface area contributed by atoms with Crippen LogP contribution in [-0.4, -0.2) is 13.4 Å². The van der Waals surface area contributed by atoms with E-state index in [1.807, 2.05) is 0 Å². The van der Waals surface area contributed by atoms with Crippen molar-refractivity contribution in [1.82, 2.24) is 0 Å². The van der Waals surface area contributed by atoms with Crippen molar-refractivity contribution in [2.75, 3.05) is 24.5 Å². The van der Waals surface area contributed by atoms with Gasteiger partial charge in [0.2, 0.25) is 0 Å². The van der Waals surface area contributed by atoms with E-state index in [9.17, 15) is 0 Å². The first kappa shape index (κ1) is 56.2. The fraction of sp³-hybridized carbons (Fsp3) is 0.0110. The maximum atomic E-state index is 8.05. The molecule has 0 fully saturated rings. The van der Waals surface area contributed by atoms with Crippen molar-refractivity contribution in [3.8, 4) is 34.1 Å². The average Bonchev–Trinajstić information content (AvgIpc) is 1.37. The topological polar surface area (TPSA) is 34.7 Å². The summed E-state index contributed by atoms with van der Waals surface area (Å²) in [4.78, 5) is 12.2. The number of rotatable bonds is 9. The third-order valence-electron chi connectivity index (χ3n) is 21.4. The first-order valence-corrected chi connectivity index (χ1v) is 34.5. The minimum Gasteiger partial charge on any atom is -0.458 e. The van der Waals surface area contributed by atoms with Crippen LogP contribution >= 0.6 is 0 Å². The quantitative estimate of drug-likeness (QED) is 0.133. The molecule has 0 atom stereocenters. The zero-order valence-electron chi connectivity index (χ0n) is 54.3. The van der Waals surface area contributed by atoms with Gasteiger partial charge in [0.1, 0.15) is 23.0 Å². The van der Waals surface area contributed by atoms with Gasteiger partial charge in [0.15, 0.2) is 0 Å². The lowest BCUT2D eigenvalue weighted by molar-refractivity contribution is 0.437. The van der Waals surface area contributed by atoms with Gasteiger partial charge >= 0.3 is 0 Å². The summed E-state index contributed by atoms with van der Waals surface area (Å²) in [5.74, 6) is 3.25. The Kier molecular flexibility index (Phi) is 12.4. The van der Waals surface area contributed by atoms with E-state index in [0.717, 1.165) is 130 Å². The zero-order valence-corrected chi connectivity index (χ0v) is 54.3. The highest BCUT2D eigenvalue weighted by atomic mass is 16.5. The molecule has 0 bridgehead atoms. The van der Waals surface area contributed by atoms with Crippen molar-refractivity contribution in [2.45, 2.75) is 5.41 Å². The van der Waals surface area contributed by atoms with Crippen molar-refractivity contribution in [3.05, 3.63) is 380 Å². The third-order valence-corrected chi connectivity index (χ3v) is 21.4. The number of ether oxygens (including phenoxy) is 2. The van der Waals surface area contributed by atoms with E-state index in [2.05, 4.69) is 382 Å². The fourth-order valence-electron chi connectivity index (χ4n) is 17.5. The molecule has 0 N–H and O–H groups in total. The number of fused-ring (bicyclic) bond motifs is 17. The molecule has 15 aromatic rings. The van der Waals surface area contributed by atoms with Crippen molar-refractivity contribution < 1.29 is 9.47 Å². The highest BCUT2D eigenvalue weighted by Crippen LogP contribution is 2.64. The lowest BCUT2D eigenvalue weighted by Gasteiger charge is -2.47. The summed E-state index contributed by atoms with van der Waals surface area (Å²) in [6.07, 6.45) is 0. The monoisotopic (exact) mass is 1280 g/mol. The molecule has 1 spiro atoms. The van der Waals surface area contributed by atoms with Gasteiger partial charge in [-0.2, -0.15) is 0 Å². The second kappa shape index (κ2) is 22.0. The summed E-state index contributed by atoms with van der Waals surface area (Å²) < 4.78 is 15.4. The minimum atomic E-state index is -0.873. The van der Waals surface area contributed by atoms with Crippen LogP contribution < -0.4 is 66.8 Å². The van der Waals surface area contributed by atoms with Gasteiger partial charge < -0.3 is 34.0 Å². The largest absolute Gasteiger partial charge is 0.458 e. The summed E-state index contributed by atoms with van der Waals surface area (Å²) >= 11 is 0. The molecule has 15 aromatic carbocycles. The van der Waals surface area contributed by atoms with E-state index < -0.39 is 5.41 Å². The molecule has 5 aliphatic heterocycles. The summed E-state index contributed by atoms with van der Waals surface area (Å²) in [5, 5.41) is 0. The Labute approximate surface area is 581 Å². The van der Waals surface area contributed by atoms with E-state index >= 15 is 0 Å². The molecule has 0 aromatic heterocycles. The van der Waals surface area contributed by atoms with Crippen LogP contribution in [0, 0.1) is 0 Å². The van der Waals surface area contributed by atoms with Gasteiger partial charge in [0.05, 0.1) is 16.8 Å². The van der Waals surface area contributed by atoms with Crippen molar-refractivity contribution >= 4 is 132 Å². The Balaban J connectivity index is 0.856. The number of hydrogen-bond donors (Lipinski definition) is 0. The second-order valence-corrected chi connectivity index (χ2v) is 26.6. The molecule has 5 heterocycles. The van der Waals surface area contributed by atoms with Gasteiger partial charge in [0, 0.05) is 103 Å². The lowest BCUT2D eigenvalue weighted by Crippen LogP contribution is -2.61. The molecular formula is C91H59B2N5O2. The fourth-order valence-corrected chi connectivity index (χ4v) is 17.5. The minimum absolute atomic E-state index is 0.219. The molecule has 0 radical (unpaired) electrons. The Morgan fingerprint density at radius 1 is 0.230 bits per heavy atom. The van der Waals surface area contributed by atoms with Crippen LogP contribution in [0.25, 0.3) is 11.1 Å². The Hall–Kier alpha value is -13.0. The van der Waals surface area contributed by atoms with Gasteiger partial charge in [0.25, 0.3) is 13.4 Å². The predicted octanol–water partition coefficient (Wildman–Crippen LogP) is 19.6. The third kappa shape index (κ3) is 8.17. The highest BCUT2D eigenvalue weighted by Gasteiger charge is 2.55. The smallest absolute Gasteiger partial charge is 0.256 e. The van der Waals surface area contributed by atoms with Crippen LogP contribution in [0.3, 0.4) is 0 Å². The molecule has 1 aliphatic carbocycles. The molecule has 466 valence electrons. The van der Waals surface area contributed by atoms with E-state index in [1.165, 1.54) is 44.1 Å². The van der Waals surface area contributed by atoms with Gasteiger partial charge in [-0.3, -0.25) is 0 Å². The van der Waals surface area contributed by atoms with Crippen LogP contribution in [0.15, 0.2) is 358 Å². The predicted molar refractivity (Wildman–Crippen MR) is 413 cm³/mol. The van der Waals surface area contributed by atoms with Crippen LogP contribution in [0.5, 0.6) is 23.0 Å². The number of anilines is 15.